The minimum atomic E-state index is -0.202. The molecule has 2 aromatic heterocycles. The number of hydrogen-bond acceptors (Lipinski definition) is 3. The van der Waals surface area contributed by atoms with Gasteiger partial charge >= 0.3 is 0 Å². The summed E-state index contributed by atoms with van der Waals surface area (Å²) in [6.07, 6.45) is 3.29. The maximum atomic E-state index is 12.4. The zero-order chi connectivity index (χ0) is 16.5. The second kappa shape index (κ2) is 5.52. The summed E-state index contributed by atoms with van der Waals surface area (Å²) in [7, 11) is 0. The maximum absolute atomic E-state index is 12.4. The monoisotopic (exact) mass is 312 g/mol. The molecule has 5 heteroatoms. The molecule has 0 aliphatic rings. The van der Waals surface area contributed by atoms with Crippen molar-refractivity contribution < 1.29 is 0 Å². The van der Waals surface area contributed by atoms with E-state index in [9.17, 15) is 4.79 Å². The molecule has 0 saturated heterocycles. The quantitative estimate of drug-likeness (QED) is 0.617. The smallest absolute Gasteiger partial charge is 0.260 e. The van der Waals surface area contributed by atoms with E-state index in [0.717, 1.165) is 16.8 Å². The van der Waals surface area contributed by atoms with Crippen molar-refractivity contribution in [2.24, 2.45) is 0 Å². The third-order valence-corrected chi connectivity index (χ3v) is 3.93. The van der Waals surface area contributed by atoms with Gasteiger partial charge in [-0.3, -0.25) is 4.79 Å². The average molecular weight is 312 g/mol. The molecule has 1 N–H and O–H groups in total. The molecule has 0 atom stereocenters. The fraction of sp³-hybridized carbons (Fsp3) is 0. The molecule has 114 valence electrons. The lowest BCUT2D eigenvalue weighted by atomic mass is 10.0. The van der Waals surface area contributed by atoms with Crippen LogP contribution in [0.1, 0.15) is 5.56 Å². The molecule has 2 aromatic carbocycles. The summed E-state index contributed by atoms with van der Waals surface area (Å²) in [6.45, 7) is 0. The van der Waals surface area contributed by atoms with Gasteiger partial charge in [0, 0.05) is 17.4 Å². The summed E-state index contributed by atoms with van der Waals surface area (Å²) in [5, 5.41) is 9.64. The predicted molar refractivity (Wildman–Crippen MR) is 91.8 cm³/mol. The summed E-state index contributed by atoms with van der Waals surface area (Å²) in [5.41, 5.74) is 3.42. The molecule has 0 spiro atoms. The van der Waals surface area contributed by atoms with Gasteiger partial charge in [-0.15, -0.1) is 0 Å². The molecule has 0 amide bonds. The number of hydrogen-bond donors (Lipinski definition) is 1. The van der Waals surface area contributed by atoms with Gasteiger partial charge in [0.1, 0.15) is 0 Å². The Morgan fingerprint density at radius 3 is 2.71 bits per heavy atom. The van der Waals surface area contributed by atoms with Crippen LogP contribution in [0.15, 0.2) is 71.9 Å². The van der Waals surface area contributed by atoms with Crippen molar-refractivity contribution in [3.8, 4) is 22.9 Å². The van der Waals surface area contributed by atoms with Crippen LogP contribution in [-0.2, 0) is 0 Å². The molecule has 2 heterocycles. The van der Waals surface area contributed by atoms with Crippen LogP contribution in [0.5, 0.6) is 0 Å². The number of aromatic amines is 1. The first-order valence-electron chi connectivity index (χ1n) is 7.42. The Labute approximate surface area is 137 Å². The number of para-hydroxylation sites is 1. The van der Waals surface area contributed by atoms with E-state index < -0.39 is 0 Å². The van der Waals surface area contributed by atoms with Gasteiger partial charge in [0.2, 0.25) is 0 Å². The molecule has 0 radical (unpaired) electrons. The minimum absolute atomic E-state index is 0.202. The van der Waals surface area contributed by atoms with Gasteiger partial charge in [0.05, 0.1) is 23.3 Å². The fourth-order valence-corrected chi connectivity index (χ4v) is 2.83. The molecular formula is C19H12N4O. The van der Waals surface area contributed by atoms with Crippen LogP contribution >= 0.6 is 0 Å². The topological polar surface area (TPSA) is 74.5 Å². The van der Waals surface area contributed by atoms with Gasteiger partial charge in [-0.05, 0) is 29.8 Å². The van der Waals surface area contributed by atoms with Gasteiger partial charge in [0.25, 0.3) is 5.56 Å². The zero-order valence-electron chi connectivity index (χ0n) is 12.6. The maximum Gasteiger partial charge on any atom is 0.260 e. The molecule has 0 aliphatic heterocycles. The van der Waals surface area contributed by atoms with E-state index in [0.29, 0.717) is 16.6 Å². The van der Waals surface area contributed by atoms with Crippen molar-refractivity contribution >= 4 is 11.0 Å². The number of nitrogens with zero attached hydrogens (tertiary/aromatic N) is 3. The van der Waals surface area contributed by atoms with Crippen LogP contribution in [0.25, 0.3) is 27.8 Å². The van der Waals surface area contributed by atoms with Gasteiger partial charge in [0.15, 0.2) is 5.65 Å². The Hall–Kier alpha value is -3.65. The average Bonchev–Trinajstić information content (AvgIpc) is 3.04. The van der Waals surface area contributed by atoms with Crippen molar-refractivity contribution in [1.82, 2.24) is 14.5 Å². The Balaban J connectivity index is 2.07. The largest absolute Gasteiger partial charge is 0.312 e. The molecule has 0 bridgehead atoms. The van der Waals surface area contributed by atoms with Crippen LogP contribution < -0.4 is 5.56 Å². The minimum Gasteiger partial charge on any atom is -0.312 e. The number of nitriles is 1. The Kier molecular flexibility index (Phi) is 3.22. The fourth-order valence-electron chi connectivity index (χ4n) is 2.83. The third-order valence-electron chi connectivity index (χ3n) is 3.93. The summed E-state index contributed by atoms with van der Waals surface area (Å²) in [6, 6.07) is 19.1. The van der Waals surface area contributed by atoms with E-state index in [4.69, 9.17) is 5.26 Å². The van der Waals surface area contributed by atoms with Gasteiger partial charge in [-0.2, -0.15) is 5.26 Å². The number of H-pyrrole nitrogens is 1. The SMILES string of the molecule is N#Cc1cccc(-c2cn(-c3ccccc3)c3nc[nH]c(=O)c23)c1. The molecule has 0 fully saturated rings. The molecule has 5 nitrogen and oxygen atoms in total. The van der Waals surface area contributed by atoms with Gasteiger partial charge in [-0.25, -0.2) is 4.98 Å². The second-order valence-corrected chi connectivity index (χ2v) is 5.37. The van der Waals surface area contributed by atoms with E-state index in [1.54, 1.807) is 12.1 Å². The summed E-state index contributed by atoms with van der Waals surface area (Å²) in [4.78, 5) is 19.4. The van der Waals surface area contributed by atoms with Gasteiger partial charge in [-0.1, -0.05) is 30.3 Å². The summed E-state index contributed by atoms with van der Waals surface area (Å²) in [5.74, 6) is 0. The number of fused-ring (bicyclic) bond motifs is 1. The van der Waals surface area contributed by atoms with E-state index >= 15 is 0 Å². The standard InChI is InChI=1S/C19H12N4O/c20-10-13-5-4-6-14(9-13)16-11-23(15-7-2-1-3-8-15)18-17(16)19(24)22-12-21-18/h1-9,11-12H,(H,21,22,24). The molecule has 0 saturated carbocycles. The Morgan fingerprint density at radius 1 is 1.08 bits per heavy atom. The number of benzene rings is 2. The predicted octanol–water partition coefficient (Wildman–Crippen LogP) is 3.25. The van der Waals surface area contributed by atoms with Crippen molar-refractivity contribution in [2.75, 3.05) is 0 Å². The van der Waals surface area contributed by atoms with Crippen LogP contribution in [0.3, 0.4) is 0 Å². The first kappa shape index (κ1) is 14.0. The van der Waals surface area contributed by atoms with Crippen LogP contribution in [0.2, 0.25) is 0 Å². The zero-order valence-corrected chi connectivity index (χ0v) is 12.6. The Morgan fingerprint density at radius 2 is 1.92 bits per heavy atom. The lowest BCUT2D eigenvalue weighted by molar-refractivity contribution is 1.07. The first-order chi connectivity index (χ1) is 11.8. The highest BCUT2D eigenvalue weighted by Gasteiger charge is 2.15. The highest BCUT2D eigenvalue weighted by molar-refractivity contribution is 5.94. The lowest BCUT2D eigenvalue weighted by Crippen LogP contribution is -2.07. The van der Waals surface area contributed by atoms with Crippen LogP contribution in [-0.4, -0.2) is 14.5 Å². The van der Waals surface area contributed by atoms with Crippen molar-refractivity contribution in [2.45, 2.75) is 0 Å². The summed E-state index contributed by atoms with van der Waals surface area (Å²) < 4.78 is 1.89. The first-order valence-corrected chi connectivity index (χ1v) is 7.42. The Bertz CT molecular complexity index is 1130. The van der Waals surface area contributed by atoms with E-state index in [-0.39, 0.29) is 5.56 Å². The van der Waals surface area contributed by atoms with E-state index in [1.807, 2.05) is 53.2 Å². The molecular weight excluding hydrogens is 300 g/mol. The molecule has 0 aliphatic carbocycles. The number of rotatable bonds is 2. The summed E-state index contributed by atoms with van der Waals surface area (Å²) >= 11 is 0. The van der Waals surface area contributed by atoms with E-state index in [1.165, 1.54) is 6.33 Å². The highest BCUT2D eigenvalue weighted by atomic mass is 16.1. The normalized spacial score (nSPS) is 10.6. The van der Waals surface area contributed by atoms with Crippen molar-refractivity contribution in [3.05, 3.63) is 83.0 Å². The van der Waals surface area contributed by atoms with E-state index in [2.05, 4.69) is 16.0 Å². The van der Waals surface area contributed by atoms with Crippen molar-refractivity contribution in [3.63, 3.8) is 0 Å². The molecule has 4 aromatic rings. The highest BCUT2D eigenvalue weighted by Crippen LogP contribution is 2.29. The number of aromatic nitrogens is 3. The molecule has 0 unspecified atom stereocenters. The number of nitrogens with one attached hydrogen (secondary N) is 1. The molecule has 4 rings (SSSR count). The van der Waals surface area contributed by atoms with Crippen LogP contribution in [0.4, 0.5) is 0 Å². The van der Waals surface area contributed by atoms with Crippen LogP contribution in [0, 0.1) is 11.3 Å². The molecule has 24 heavy (non-hydrogen) atoms. The second-order valence-electron chi connectivity index (χ2n) is 5.37. The van der Waals surface area contributed by atoms with Gasteiger partial charge < -0.3 is 9.55 Å². The van der Waals surface area contributed by atoms with Crippen molar-refractivity contribution in [1.29, 1.82) is 5.26 Å². The lowest BCUT2D eigenvalue weighted by Gasteiger charge is -2.03. The third kappa shape index (κ3) is 2.18.